The van der Waals surface area contributed by atoms with E-state index in [1.165, 1.54) is 0 Å². The molecule has 1 aromatic carbocycles. The number of anilines is 1. The van der Waals surface area contributed by atoms with E-state index < -0.39 is 0 Å². The van der Waals surface area contributed by atoms with Gasteiger partial charge in [-0.1, -0.05) is 0 Å². The maximum atomic E-state index is 5.85. The molecule has 0 radical (unpaired) electrons. The van der Waals surface area contributed by atoms with Gasteiger partial charge in [0.1, 0.15) is 5.75 Å². The average molecular weight is 203 g/mol. The number of nitrogens with zero attached hydrogens (tertiary/aromatic N) is 1. The summed E-state index contributed by atoms with van der Waals surface area (Å²) in [6.07, 6.45) is 3.40. The van der Waals surface area contributed by atoms with E-state index >= 15 is 0 Å². The first kappa shape index (κ1) is 9.58. The lowest BCUT2D eigenvalue weighted by molar-refractivity contribution is 0.342. The number of nitrogens with one attached hydrogen (secondary N) is 1. The van der Waals surface area contributed by atoms with E-state index in [1.54, 1.807) is 12.5 Å². The Morgan fingerprint density at radius 1 is 1.47 bits per heavy atom. The molecule has 1 heterocycles. The number of H-pyrrole nitrogens is 1. The summed E-state index contributed by atoms with van der Waals surface area (Å²) in [6, 6.07) is 5.70. The van der Waals surface area contributed by atoms with E-state index in [9.17, 15) is 0 Å². The summed E-state index contributed by atoms with van der Waals surface area (Å²) in [5.74, 6) is 0.723. The maximum absolute atomic E-state index is 5.85. The van der Waals surface area contributed by atoms with Crippen molar-refractivity contribution in [1.29, 1.82) is 0 Å². The number of nitrogen functional groups attached to an aromatic ring is 1. The van der Waals surface area contributed by atoms with Crippen molar-refractivity contribution < 1.29 is 4.74 Å². The van der Waals surface area contributed by atoms with Crippen molar-refractivity contribution in [2.75, 3.05) is 12.3 Å². The lowest BCUT2D eigenvalue weighted by Gasteiger charge is -2.07. The molecule has 4 heteroatoms. The van der Waals surface area contributed by atoms with Gasteiger partial charge < -0.3 is 15.5 Å². The molecule has 0 atom stereocenters. The van der Waals surface area contributed by atoms with Gasteiger partial charge in [-0.15, -0.1) is 0 Å². The van der Waals surface area contributed by atoms with Gasteiger partial charge in [0.2, 0.25) is 0 Å². The van der Waals surface area contributed by atoms with Gasteiger partial charge in [-0.25, -0.2) is 4.98 Å². The first-order chi connectivity index (χ1) is 7.31. The van der Waals surface area contributed by atoms with E-state index in [1.807, 2.05) is 25.1 Å². The molecule has 0 spiro atoms. The number of aromatic amines is 1. The van der Waals surface area contributed by atoms with E-state index in [0.717, 1.165) is 17.0 Å². The fraction of sp³-hybridized carbons (Fsp3) is 0.182. The van der Waals surface area contributed by atoms with Crippen LogP contribution in [0.3, 0.4) is 0 Å². The first-order valence-corrected chi connectivity index (χ1v) is 4.82. The SMILES string of the molecule is CCOc1ccc(-c2cnc[nH]2)cc1N. The predicted molar refractivity (Wildman–Crippen MR) is 59.6 cm³/mol. The van der Waals surface area contributed by atoms with Crippen LogP contribution in [0.15, 0.2) is 30.7 Å². The Hall–Kier alpha value is -1.97. The number of imidazole rings is 1. The van der Waals surface area contributed by atoms with Crippen LogP contribution in [-0.2, 0) is 0 Å². The van der Waals surface area contributed by atoms with Crippen LogP contribution < -0.4 is 10.5 Å². The molecular weight excluding hydrogens is 190 g/mol. The van der Waals surface area contributed by atoms with Crippen molar-refractivity contribution in [2.24, 2.45) is 0 Å². The Morgan fingerprint density at radius 3 is 2.93 bits per heavy atom. The van der Waals surface area contributed by atoms with Crippen LogP contribution in [-0.4, -0.2) is 16.6 Å². The molecule has 15 heavy (non-hydrogen) atoms. The standard InChI is InChI=1S/C11H13N3O/c1-2-15-11-4-3-8(5-9(11)12)10-6-13-7-14-10/h3-7H,2,12H2,1H3,(H,13,14). The molecule has 4 nitrogen and oxygen atoms in total. The van der Waals surface area contributed by atoms with Crippen molar-refractivity contribution in [3.8, 4) is 17.0 Å². The molecular formula is C11H13N3O. The zero-order valence-electron chi connectivity index (χ0n) is 8.53. The highest BCUT2D eigenvalue weighted by atomic mass is 16.5. The highest BCUT2D eigenvalue weighted by Crippen LogP contribution is 2.27. The normalized spacial score (nSPS) is 10.2. The summed E-state index contributed by atoms with van der Waals surface area (Å²) in [7, 11) is 0. The minimum absolute atomic E-state index is 0.619. The van der Waals surface area contributed by atoms with Gasteiger partial charge in [-0.2, -0.15) is 0 Å². The van der Waals surface area contributed by atoms with Gasteiger partial charge >= 0.3 is 0 Å². The highest BCUT2D eigenvalue weighted by molar-refractivity contribution is 5.67. The molecule has 0 aliphatic rings. The summed E-state index contributed by atoms with van der Waals surface area (Å²) < 4.78 is 5.36. The third-order valence-corrected chi connectivity index (χ3v) is 2.12. The number of benzene rings is 1. The molecule has 0 bridgehead atoms. The Kier molecular flexibility index (Phi) is 2.58. The molecule has 78 valence electrons. The topological polar surface area (TPSA) is 63.9 Å². The highest BCUT2D eigenvalue weighted by Gasteiger charge is 2.03. The number of rotatable bonds is 3. The van der Waals surface area contributed by atoms with Crippen LogP contribution in [0.25, 0.3) is 11.3 Å². The van der Waals surface area contributed by atoms with Gasteiger partial charge in [0.25, 0.3) is 0 Å². The predicted octanol–water partition coefficient (Wildman–Crippen LogP) is 2.06. The van der Waals surface area contributed by atoms with E-state index in [4.69, 9.17) is 10.5 Å². The minimum Gasteiger partial charge on any atom is -0.492 e. The van der Waals surface area contributed by atoms with Crippen molar-refractivity contribution in [3.63, 3.8) is 0 Å². The Labute approximate surface area is 88.1 Å². The zero-order chi connectivity index (χ0) is 10.7. The summed E-state index contributed by atoms with van der Waals surface area (Å²) in [4.78, 5) is 6.98. The third kappa shape index (κ3) is 1.93. The smallest absolute Gasteiger partial charge is 0.142 e. The summed E-state index contributed by atoms with van der Waals surface area (Å²) >= 11 is 0. The minimum atomic E-state index is 0.619. The summed E-state index contributed by atoms with van der Waals surface area (Å²) in [6.45, 7) is 2.55. The molecule has 2 rings (SSSR count). The van der Waals surface area contributed by atoms with Crippen LogP contribution in [0, 0.1) is 0 Å². The lowest BCUT2D eigenvalue weighted by Crippen LogP contribution is -1.96. The molecule has 0 saturated carbocycles. The van der Waals surface area contributed by atoms with Crippen LogP contribution in [0.2, 0.25) is 0 Å². The van der Waals surface area contributed by atoms with Crippen LogP contribution in [0.4, 0.5) is 5.69 Å². The molecule has 1 aromatic heterocycles. The van der Waals surface area contributed by atoms with Crippen LogP contribution in [0.1, 0.15) is 6.92 Å². The Bertz CT molecular complexity index is 437. The monoisotopic (exact) mass is 203 g/mol. The Morgan fingerprint density at radius 2 is 2.33 bits per heavy atom. The number of hydrogen-bond donors (Lipinski definition) is 2. The number of hydrogen-bond acceptors (Lipinski definition) is 3. The van der Waals surface area contributed by atoms with Gasteiger partial charge in [-0.3, -0.25) is 0 Å². The van der Waals surface area contributed by atoms with Crippen molar-refractivity contribution in [3.05, 3.63) is 30.7 Å². The molecule has 0 amide bonds. The molecule has 2 aromatic rings. The number of nitrogens with two attached hydrogens (primary N) is 1. The van der Waals surface area contributed by atoms with E-state index in [2.05, 4.69) is 9.97 Å². The van der Waals surface area contributed by atoms with Crippen molar-refractivity contribution in [2.45, 2.75) is 6.92 Å². The molecule has 0 unspecified atom stereocenters. The van der Waals surface area contributed by atoms with E-state index in [0.29, 0.717) is 12.3 Å². The number of ether oxygens (including phenoxy) is 1. The summed E-state index contributed by atoms with van der Waals surface area (Å²) in [5.41, 5.74) is 8.45. The second-order valence-electron chi connectivity index (χ2n) is 3.15. The zero-order valence-corrected chi connectivity index (χ0v) is 8.53. The van der Waals surface area contributed by atoms with E-state index in [-0.39, 0.29) is 0 Å². The first-order valence-electron chi connectivity index (χ1n) is 4.82. The number of aromatic nitrogens is 2. The maximum Gasteiger partial charge on any atom is 0.142 e. The summed E-state index contributed by atoms with van der Waals surface area (Å²) in [5, 5.41) is 0. The lowest BCUT2D eigenvalue weighted by atomic mass is 10.1. The van der Waals surface area contributed by atoms with Gasteiger partial charge in [0.05, 0.1) is 30.5 Å². The second-order valence-corrected chi connectivity index (χ2v) is 3.15. The van der Waals surface area contributed by atoms with Crippen molar-refractivity contribution >= 4 is 5.69 Å². The quantitative estimate of drug-likeness (QED) is 0.750. The molecule has 0 saturated heterocycles. The van der Waals surface area contributed by atoms with Crippen molar-refractivity contribution in [1.82, 2.24) is 9.97 Å². The molecule has 0 fully saturated rings. The average Bonchev–Trinajstić information content (AvgIpc) is 2.74. The fourth-order valence-electron chi connectivity index (χ4n) is 1.42. The molecule has 3 N–H and O–H groups in total. The van der Waals surface area contributed by atoms with Gasteiger partial charge in [0, 0.05) is 5.56 Å². The molecule has 0 aliphatic carbocycles. The largest absolute Gasteiger partial charge is 0.492 e. The van der Waals surface area contributed by atoms with Gasteiger partial charge in [0.15, 0.2) is 0 Å². The van der Waals surface area contributed by atoms with Crippen LogP contribution >= 0.6 is 0 Å². The molecule has 0 aliphatic heterocycles. The second kappa shape index (κ2) is 4.04. The Balaban J connectivity index is 2.33. The fourth-order valence-corrected chi connectivity index (χ4v) is 1.42. The van der Waals surface area contributed by atoms with Gasteiger partial charge in [-0.05, 0) is 25.1 Å². The third-order valence-electron chi connectivity index (χ3n) is 2.12. The van der Waals surface area contributed by atoms with Crippen LogP contribution in [0.5, 0.6) is 5.75 Å².